The van der Waals surface area contributed by atoms with Crippen molar-refractivity contribution in [1.29, 1.82) is 0 Å². The van der Waals surface area contributed by atoms with E-state index in [0.717, 1.165) is 14.2 Å². The number of nitrogens with one attached hydrogen (secondary N) is 1. The molecule has 2 aromatic heterocycles. The van der Waals surface area contributed by atoms with Crippen molar-refractivity contribution < 1.29 is 4.79 Å². The summed E-state index contributed by atoms with van der Waals surface area (Å²) in [6, 6.07) is 9.31. The van der Waals surface area contributed by atoms with Gasteiger partial charge in [0.2, 0.25) is 0 Å². The summed E-state index contributed by atoms with van der Waals surface area (Å²) in [5.41, 5.74) is 2.02. The van der Waals surface area contributed by atoms with E-state index in [2.05, 4.69) is 37.9 Å². The second kappa shape index (κ2) is 6.41. The Hall–Kier alpha value is -1.99. The molecule has 0 aliphatic carbocycles. The van der Waals surface area contributed by atoms with E-state index < -0.39 is 0 Å². The molecule has 112 valence electrons. The first-order valence-electron chi connectivity index (χ1n) is 6.62. The number of hydrogen-bond acceptors (Lipinski definition) is 4. The van der Waals surface area contributed by atoms with Gasteiger partial charge in [-0.25, -0.2) is 0 Å². The van der Waals surface area contributed by atoms with E-state index in [-0.39, 0.29) is 5.91 Å². The van der Waals surface area contributed by atoms with Crippen LogP contribution in [0.2, 0.25) is 0 Å². The summed E-state index contributed by atoms with van der Waals surface area (Å²) in [7, 11) is 0. The van der Waals surface area contributed by atoms with E-state index in [1.54, 1.807) is 40.5 Å². The standard InChI is InChI=1S/C15H13BrN4OS/c1-2-7-20(9-11-4-6-14(16)22-11)15(21)10-3-5-12-13(8-10)18-19-17-12/h2-6,8H,1,7,9H2,(H,17,18,19). The van der Waals surface area contributed by atoms with Gasteiger partial charge in [-0.3, -0.25) is 4.79 Å². The molecule has 0 spiro atoms. The maximum absolute atomic E-state index is 12.7. The Morgan fingerprint density at radius 1 is 1.32 bits per heavy atom. The Morgan fingerprint density at radius 3 is 2.86 bits per heavy atom. The van der Waals surface area contributed by atoms with Crippen molar-refractivity contribution in [2.45, 2.75) is 6.54 Å². The second-order valence-corrected chi connectivity index (χ2v) is 7.25. The SMILES string of the molecule is C=CCN(Cc1ccc(Br)s1)C(=O)c1ccc2n[nH]nc2c1. The maximum Gasteiger partial charge on any atom is 0.254 e. The summed E-state index contributed by atoms with van der Waals surface area (Å²) >= 11 is 5.06. The fourth-order valence-electron chi connectivity index (χ4n) is 2.16. The molecule has 3 rings (SSSR count). The Balaban J connectivity index is 1.86. The van der Waals surface area contributed by atoms with Crippen molar-refractivity contribution in [2.24, 2.45) is 0 Å². The predicted octanol–water partition coefficient (Wildman–Crippen LogP) is 3.61. The summed E-state index contributed by atoms with van der Waals surface area (Å²) in [5, 5.41) is 10.6. The van der Waals surface area contributed by atoms with Gasteiger partial charge in [0.25, 0.3) is 5.91 Å². The van der Waals surface area contributed by atoms with Crippen LogP contribution >= 0.6 is 27.3 Å². The molecule has 3 aromatic rings. The fourth-order valence-corrected chi connectivity index (χ4v) is 3.65. The number of hydrogen-bond donors (Lipinski definition) is 1. The molecular formula is C15H13BrN4OS. The van der Waals surface area contributed by atoms with E-state index in [4.69, 9.17) is 0 Å². The summed E-state index contributed by atoms with van der Waals surface area (Å²) in [5.74, 6) is -0.0469. The highest BCUT2D eigenvalue weighted by Gasteiger charge is 2.17. The van der Waals surface area contributed by atoms with Crippen LogP contribution in [-0.2, 0) is 6.54 Å². The topological polar surface area (TPSA) is 61.9 Å². The summed E-state index contributed by atoms with van der Waals surface area (Å²) in [6.07, 6.45) is 1.73. The number of H-pyrrole nitrogens is 1. The van der Waals surface area contributed by atoms with Crippen LogP contribution in [0.5, 0.6) is 0 Å². The van der Waals surface area contributed by atoms with Crippen molar-refractivity contribution >= 4 is 44.2 Å². The first-order valence-corrected chi connectivity index (χ1v) is 8.23. The second-order valence-electron chi connectivity index (χ2n) is 4.71. The average Bonchev–Trinajstić information content (AvgIpc) is 3.14. The van der Waals surface area contributed by atoms with Crippen molar-refractivity contribution in [3.8, 4) is 0 Å². The quantitative estimate of drug-likeness (QED) is 0.691. The minimum absolute atomic E-state index is 0.0469. The minimum atomic E-state index is -0.0469. The predicted molar refractivity (Wildman–Crippen MR) is 90.8 cm³/mol. The van der Waals surface area contributed by atoms with Gasteiger partial charge in [-0.1, -0.05) is 6.08 Å². The molecule has 0 atom stereocenters. The molecular weight excluding hydrogens is 364 g/mol. The number of halogens is 1. The van der Waals surface area contributed by atoms with E-state index >= 15 is 0 Å². The third-order valence-corrected chi connectivity index (χ3v) is 4.78. The van der Waals surface area contributed by atoms with Gasteiger partial charge in [0.05, 0.1) is 10.3 Å². The van der Waals surface area contributed by atoms with Gasteiger partial charge < -0.3 is 4.90 Å². The molecule has 1 N–H and O–H groups in total. The van der Waals surface area contributed by atoms with Crippen LogP contribution in [0.1, 0.15) is 15.2 Å². The number of amides is 1. The van der Waals surface area contributed by atoms with Crippen LogP contribution in [-0.4, -0.2) is 32.8 Å². The van der Waals surface area contributed by atoms with Gasteiger partial charge in [-0.15, -0.1) is 17.9 Å². The molecule has 0 saturated heterocycles. The smallest absolute Gasteiger partial charge is 0.254 e. The van der Waals surface area contributed by atoms with Gasteiger partial charge in [0, 0.05) is 17.0 Å². The zero-order valence-electron chi connectivity index (χ0n) is 11.6. The highest BCUT2D eigenvalue weighted by Crippen LogP contribution is 2.24. The lowest BCUT2D eigenvalue weighted by atomic mass is 10.1. The van der Waals surface area contributed by atoms with Gasteiger partial charge in [-0.05, 0) is 46.3 Å². The minimum Gasteiger partial charge on any atom is -0.330 e. The molecule has 0 aliphatic heterocycles. The van der Waals surface area contributed by atoms with Crippen molar-refractivity contribution in [2.75, 3.05) is 6.54 Å². The van der Waals surface area contributed by atoms with Crippen LogP contribution in [0, 0.1) is 0 Å². The lowest BCUT2D eigenvalue weighted by Crippen LogP contribution is -2.30. The Labute approximate surface area is 139 Å². The van der Waals surface area contributed by atoms with Crippen molar-refractivity contribution in [3.63, 3.8) is 0 Å². The van der Waals surface area contributed by atoms with Gasteiger partial charge in [0.15, 0.2) is 0 Å². The highest BCUT2D eigenvalue weighted by molar-refractivity contribution is 9.11. The molecule has 1 amide bonds. The maximum atomic E-state index is 12.7. The number of benzene rings is 1. The van der Waals surface area contributed by atoms with Gasteiger partial charge in [0.1, 0.15) is 11.0 Å². The van der Waals surface area contributed by atoms with Crippen molar-refractivity contribution in [1.82, 2.24) is 20.3 Å². The molecule has 5 nitrogen and oxygen atoms in total. The van der Waals surface area contributed by atoms with Crippen molar-refractivity contribution in [3.05, 3.63) is 57.2 Å². The van der Waals surface area contributed by atoms with E-state index in [1.807, 2.05) is 12.1 Å². The van der Waals surface area contributed by atoms with Crippen LogP contribution in [0.25, 0.3) is 11.0 Å². The molecule has 7 heteroatoms. The van der Waals surface area contributed by atoms with Gasteiger partial charge in [-0.2, -0.15) is 15.4 Å². The summed E-state index contributed by atoms with van der Waals surface area (Å²) in [6.45, 7) is 4.78. The number of fused-ring (bicyclic) bond motifs is 1. The first kappa shape index (κ1) is 14.9. The molecule has 0 bridgehead atoms. The number of rotatable bonds is 5. The number of carbonyl (C=O) groups excluding carboxylic acids is 1. The van der Waals surface area contributed by atoms with Crippen LogP contribution in [0.3, 0.4) is 0 Å². The van der Waals surface area contributed by atoms with E-state index in [0.29, 0.717) is 24.2 Å². The van der Waals surface area contributed by atoms with Gasteiger partial charge >= 0.3 is 0 Å². The van der Waals surface area contributed by atoms with Crippen LogP contribution in [0.15, 0.2) is 46.8 Å². The van der Waals surface area contributed by atoms with E-state index in [1.165, 1.54) is 0 Å². The normalized spacial score (nSPS) is 10.8. The monoisotopic (exact) mass is 376 g/mol. The van der Waals surface area contributed by atoms with Crippen LogP contribution < -0.4 is 0 Å². The first-order chi connectivity index (χ1) is 10.7. The highest BCUT2D eigenvalue weighted by atomic mass is 79.9. The summed E-state index contributed by atoms with van der Waals surface area (Å²) in [4.78, 5) is 15.6. The molecule has 0 fully saturated rings. The number of aromatic nitrogens is 3. The lowest BCUT2D eigenvalue weighted by molar-refractivity contribution is 0.0764. The average molecular weight is 377 g/mol. The zero-order chi connectivity index (χ0) is 15.5. The third kappa shape index (κ3) is 3.10. The Bertz CT molecular complexity index is 826. The molecule has 0 saturated carbocycles. The zero-order valence-corrected chi connectivity index (χ0v) is 14.0. The molecule has 1 aromatic carbocycles. The molecule has 0 unspecified atom stereocenters. The van der Waals surface area contributed by atoms with E-state index in [9.17, 15) is 4.79 Å². The molecule has 0 radical (unpaired) electrons. The molecule has 2 heterocycles. The molecule has 22 heavy (non-hydrogen) atoms. The Kier molecular flexibility index (Phi) is 4.35. The third-order valence-electron chi connectivity index (χ3n) is 3.18. The number of carbonyl (C=O) groups is 1. The summed E-state index contributed by atoms with van der Waals surface area (Å²) < 4.78 is 1.05. The number of aromatic amines is 1. The van der Waals surface area contributed by atoms with Crippen LogP contribution in [0.4, 0.5) is 0 Å². The molecule has 0 aliphatic rings. The fraction of sp³-hybridized carbons (Fsp3) is 0.133. The lowest BCUT2D eigenvalue weighted by Gasteiger charge is -2.20. The Morgan fingerprint density at radius 2 is 2.14 bits per heavy atom. The number of thiophene rings is 1. The largest absolute Gasteiger partial charge is 0.330 e. The number of nitrogens with zero attached hydrogens (tertiary/aromatic N) is 3.